The second kappa shape index (κ2) is 10.8. The van der Waals surface area contributed by atoms with E-state index in [1.54, 1.807) is 29.2 Å². The largest absolute Gasteiger partial charge is 0.348 e. The van der Waals surface area contributed by atoms with Crippen LogP contribution in [0.4, 0.5) is 5.69 Å². The van der Waals surface area contributed by atoms with Gasteiger partial charge >= 0.3 is 0 Å². The zero-order valence-electron chi connectivity index (χ0n) is 20.9. The van der Waals surface area contributed by atoms with E-state index in [2.05, 4.69) is 10.3 Å². The summed E-state index contributed by atoms with van der Waals surface area (Å²) < 4.78 is 0. The first kappa shape index (κ1) is 24.4. The smallest absolute Gasteiger partial charge is 0.254 e. The van der Waals surface area contributed by atoms with Gasteiger partial charge in [0.05, 0.1) is 0 Å². The van der Waals surface area contributed by atoms with Crippen LogP contribution in [-0.4, -0.2) is 40.7 Å². The monoisotopic (exact) mass is 494 g/mol. The van der Waals surface area contributed by atoms with Crippen molar-refractivity contribution in [2.24, 2.45) is 0 Å². The molecule has 37 heavy (non-hydrogen) atoms. The van der Waals surface area contributed by atoms with Gasteiger partial charge in [-0.2, -0.15) is 0 Å². The third-order valence-electron chi connectivity index (χ3n) is 7.05. The average molecular weight is 495 g/mol. The zero-order chi connectivity index (χ0) is 25.8. The first-order valence-corrected chi connectivity index (χ1v) is 12.7. The molecule has 2 aliphatic heterocycles. The summed E-state index contributed by atoms with van der Waals surface area (Å²) in [6, 6.07) is 17.0. The Balaban J connectivity index is 1.24. The number of anilines is 1. The van der Waals surface area contributed by atoms with Crippen LogP contribution in [0.25, 0.3) is 6.08 Å². The SMILES string of the molecule is Cc1ncc2c(c1CNC(=O)/C=C/c1ccccc1)CCN(C(=O)c1ccc(N3CCCC3=O)cc1)C2. The summed E-state index contributed by atoms with van der Waals surface area (Å²) in [6.07, 6.45) is 7.33. The topological polar surface area (TPSA) is 82.6 Å². The van der Waals surface area contributed by atoms with E-state index >= 15 is 0 Å². The van der Waals surface area contributed by atoms with Gasteiger partial charge in [-0.25, -0.2) is 0 Å². The van der Waals surface area contributed by atoms with E-state index < -0.39 is 0 Å². The summed E-state index contributed by atoms with van der Waals surface area (Å²) in [7, 11) is 0. The van der Waals surface area contributed by atoms with Gasteiger partial charge < -0.3 is 15.1 Å². The fraction of sp³-hybridized carbons (Fsp3) is 0.267. The van der Waals surface area contributed by atoms with E-state index in [1.165, 1.54) is 0 Å². The molecule has 1 N–H and O–H groups in total. The number of amides is 3. The number of rotatable bonds is 6. The second-order valence-corrected chi connectivity index (χ2v) is 9.46. The lowest BCUT2D eigenvalue weighted by Crippen LogP contribution is -2.37. The van der Waals surface area contributed by atoms with Gasteiger partial charge in [-0.05, 0) is 72.4 Å². The standard InChI is InChI=1S/C30H30N4O3/c1-21-27(19-32-28(35)14-9-22-6-3-2-4-7-22)26-15-17-33(20-24(26)18-31-21)30(37)23-10-12-25(13-11-23)34-16-5-8-29(34)36/h2-4,6-7,9-14,18H,5,8,15-17,19-20H2,1H3,(H,32,35)/b14-9+. The Morgan fingerprint density at radius 3 is 2.54 bits per heavy atom. The average Bonchev–Trinajstić information content (AvgIpc) is 3.37. The van der Waals surface area contributed by atoms with Crippen molar-refractivity contribution in [2.45, 2.75) is 39.3 Å². The number of hydrogen-bond acceptors (Lipinski definition) is 4. The lowest BCUT2D eigenvalue weighted by atomic mass is 9.94. The summed E-state index contributed by atoms with van der Waals surface area (Å²) in [5.74, 6) is -0.0623. The number of aryl methyl sites for hydroxylation is 1. The van der Waals surface area contributed by atoms with Crippen LogP contribution in [0.15, 0.2) is 66.9 Å². The number of pyridine rings is 1. The van der Waals surface area contributed by atoms with E-state index in [4.69, 9.17) is 0 Å². The highest BCUT2D eigenvalue weighted by Crippen LogP contribution is 2.26. The van der Waals surface area contributed by atoms with Crippen molar-refractivity contribution in [3.63, 3.8) is 0 Å². The number of benzene rings is 2. The number of aromatic nitrogens is 1. The van der Waals surface area contributed by atoms with E-state index in [0.717, 1.165) is 46.6 Å². The molecule has 0 atom stereocenters. The molecule has 0 unspecified atom stereocenters. The molecular formula is C30H30N4O3. The molecule has 1 aromatic heterocycles. The van der Waals surface area contributed by atoms with E-state index in [9.17, 15) is 14.4 Å². The molecular weight excluding hydrogens is 464 g/mol. The van der Waals surface area contributed by atoms with Crippen molar-refractivity contribution in [1.29, 1.82) is 0 Å². The Hall–Kier alpha value is -4.26. The van der Waals surface area contributed by atoms with Gasteiger partial charge in [0.2, 0.25) is 11.8 Å². The van der Waals surface area contributed by atoms with Crippen LogP contribution in [-0.2, 0) is 29.1 Å². The minimum Gasteiger partial charge on any atom is -0.348 e. The van der Waals surface area contributed by atoms with E-state index in [-0.39, 0.29) is 17.7 Å². The number of nitrogens with zero attached hydrogens (tertiary/aromatic N) is 3. The molecule has 0 saturated carbocycles. The van der Waals surface area contributed by atoms with Crippen LogP contribution in [0.5, 0.6) is 0 Å². The molecule has 188 valence electrons. The summed E-state index contributed by atoms with van der Waals surface area (Å²) in [5, 5.41) is 2.98. The number of hydrogen-bond donors (Lipinski definition) is 1. The van der Waals surface area contributed by atoms with Gasteiger partial charge in [0.1, 0.15) is 0 Å². The molecule has 3 aromatic rings. The number of nitrogens with one attached hydrogen (secondary N) is 1. The zero-order valence-corrected chi connectivity index (χ0v) is 20.9. The highest BCUT2D eigenvalue weighted by molar-refractivity contribution is 5.97. The van der Waals surface area contributed by atoms with Crippen LogP contribution in [0, 0.1) is 6.92 Å². The molecule has 3 amide bonds. The molecule has 0 radical (unpaired) electrons. The summed E-state index contributed by atoms with van der Waals surface area (Å²) >= 11 is 0. The maximum atomic E-state index is 13.2. The second-order valence-electron chi connectivity index (χ2n) is 9.46. The third-order valence-corrected chi connectivity index (χ3v) is 7.05. The molecule has 7 nitrogen and oxygen atoms in total. The fourth-order valence-electron chi connectivity index (χ4n) is 4.99. The minimum absolute atomic E-state index is 0.0357. The molecule has 2 aliphatic rings. The minimum atomic E-state index is -0.160. The quantitative estimate of drug-likeness (QED) is 0.525. The molecule has 0 bridgehead atoms. The van der Waals surface area contributed by atoms with Crippen LogP contribution in [0.1, 0.15) is 51.1 Å². The molecule has 1 saturated heterocycles. The summed E-state index contributed by atoms with van der Waals surface area (Å²) in [4.78, 5) is 45.8. The number of carbonyl (C=O) groups is 3. The Morgan fingerprint density at radius 2 is 1.81 bits per heavy atom. The van der Waals surface area contributed by atoms with Gasteiger partial charge in [0, 0.05) is 61.8 Å². The molecule has 0 spiro atoms. The Bertz CT molecular complexity index is 1350. The summed E-state index contributed by atoms with van der Waals surface area (Å²) in [6.45, 7) is 4.14. The van der Waals surface area contributed by atoms with Crippen molar-refractivity contribution in [2.75, 3.05) is 18.0 Å². The van der Waals surface area contributed by atoms with Crippen molar-refractivity contribution >= 4 is 29.5 Å². The van der Waals surface area contributed by atoms with E-state index in [0.29, 0.717) is 38.0 Å². The van der Waals surface area contributed by atoms with Gasteiger partial charge in [-0.1, -0.05) is 30.3 Å². The lowest BCUT2D eigenvalue weighted by molar-refractivity contribution is -0.117. The molecule has 3 heterocycles. The normalized spacial score (nSPS) is 15.2. The van der Waals surface area contributed by atoms with Crippen molar-refractivity contribution < 1.29 is 14.4 Å². The highest BCUT2D eigenvalue weighted by atomic mass is 16.2. The first-order valence-electron chi connectivity index (χ1n) is 12.7. The van der Waals surface area contributed by atoms with Gasteiger partial charge in [0.15, 0.2) is 0 Å². The highest BCUT2D eigenvalue weighted by Gasteiger charge is 2.26. The number of fused-ring (bicyclic) bond motifs is 1. The van der Waals surface area contributed by atoms with Crippen LogP contribution < -0.4 is 10.2 Å². The predicted octanol–water partition coefficient (Wildman–Crippen LogP) is 4.04. The maximum Gasteiger partial charge on any atom is 0.254 e. The lowest BCUT2D eigenvalue weighted by Gasteiger charge is -2.30. The summed E-state index contributed by atoms with van der Waals surface area (Å²) in [5.41, 5.74) is 6.49. The van der Waals surface area contributed by atoms with Gasteiger partial charge in [0.25, 0.3) is 5.91 Å². The fourth-order valence-corrected chi connectivity index (χ4v) is 4.99. The first-order chi connectivity index (χ1) is 18.0. The molecule has 2 aromatic carbocycles. The van der Waals surface area contributed by atoms with Gasteiger partial charge in [-0.3, -0.25) is 19.4 Å². The van der Waals surface area contributed by atoms with Crippen LogP contribution in [0.2, 0.25) is 0 Å². The molecule has 7 heteroatoms. The number of carbonyl (C=O) groups excluding carboxylic acids is 3. The van der Waals surface area contributed by atoms with Crippen molar-refractivity contribution in [3.8, 4) is 0 Å². The Kier molecular flexibility index (Phi) is 7.12. The van der Waals surface area contributed by atoms with Crippen molar-refractivity contribution in [1.82, 2.24) is 15.2 Å². The molecule has 1 fully saturated rings. The predicted molar refractivity (Wildman–Crippen MR) is 143 cm³/mol. The third kappa shape index (κ3) is 5.45. The maximum absolute atomic E-state index is 13.2. The molecule has 0 aliphatic carbocycles. The Labute approximate surface area is 216 Å². The van der Waals surface area contributed by atoms with E-state index in [1.807, 2.05) is 60.5 Å². The van der Waals surface area contributed by atoms with Crippen LogP contribution >= 0.6 is 0 Å². The van der Waals surface area contributed by atoms with Crippen molar-refractivity contribution in [3.05, 3.63) is 100 Å². The molecule has 5 rings (SSSR count). The Morgan fingerprint density at radius 1 is 1.03 bits per heavy atom. The van der Waals surface area contributed by atoms with Gasteiger partial charge in [-0.15, -0.1) is 0 Å². The van der Waals surface area contributed by atoms with Crippen LogP contribution in [0.3, 0.4) is 0 Å².